The summed E-state index contributed by atoms with van der Waals surface area (Å²) in [5.74, 6) is -0.195. The van der Waals surface area contributed by atoms with Crippen LogP contribution in [0.5, 0.6) is 0 Å². The molecule has 1 aliphatic heterocycles. The van der Waals surface area contributed by atoms with E-state index in [9.17, 15) is 18.5 Å². The predicted molar refractivity (Wildman–Crippen MR) is 111 cm³/mol. The van der Waals surface area contributed by atoms with E-state index in [-0.39, 0.29) is 17.2 Å². The molecular formula is C19H16ClN7O3S. The van der Waals surface area contributed by atoms with E-state index < -0.39 is 21.8 Å². The SMILES string of the molecule is N#Cc1cnn(-c2nn3c(c2Cl)CCCC3)c1NC(=O)NS(=O)(=O)Cc1cc#ccc1. The van der Waals surface area contributed by atoms with E-state index in [4.69, 9.17) is 11.6 Å². The summed E-state index contributed by atoms with van der Waals surface area (Å²) < 4.78 is 29.6. The quantitative estimate of drug-likeness (QED) is 0.602. The molecule has 0 unspecified atom stereocenters. The maximum Gasteiger partial charge on any atom is 0.334 e. The molecule has 0 saturated heterocycles. The van der Waals surface area contributed by atoms with Gasteiger partial charge in [0.15, 0.2) is 11.6 Å². The minimum Gasteiger partial charge on any atom is -0.290 e. The maximum absolute atomic E-state index is 12.4. The van der Waals surface area contributed by atoms with Crippen LogP contribution in [-0.4, -0.2) is 34.0 Å². The number of hydrogen-bond acceptors (Lipinski definition) is 6. The molecule has 2 aromatic heterocycles. The average molecular weight is 458 g/mol. The number of rotatable bonds is 5. The van der Waals surface area contributed by atoms with Crippen molar-refractivity contribution in [2.24, 2.45) is 0 Å². The molecule has 1 aliphatic rings. The first kappa shape index (κ1) is 20.7. The lowest BCUT2D eigenvalue weighted by atomic mass is 10.1. The molecule has 0 bridgehead atoms. The second kappa shape index (κ2) is 8.30. The highest BCUT2D eigenvalue weighted by molar-refractivity contribution is 7.89. The molecule has 0 atom stereocenters. The summed E-state index contributed by atoms with van der Waals surface area (Å²) in [5.41, 5.74) is 1.33. The lowest BCUT2D eigenvalue weighted by Crippen LogP contribution is -2.35. The normalized spacial score (nSPS) is 13.0. The van der Waals surface area contributed by atoms with Gasteiger partial charge in [0, 0.05) is 6.54 Å². The summed E-state index contributed by atoms with van der Waals surface area (Å²) >= 11 is 6.48. The van der Waals surface area contributed by atoms with E-state index in [1.54, 1.807) is 10.7 Å². The summed E-state index contributed by atoms with van der Waals surface area (Å²) in [6.07, 6.45) is 3.95. The van der Waals surface area contributed by atoms with Gasteiger partial charge in [-0.1, -0.05) is 23.7 Å². The van der Waals surface area contributed by atoms with Gasteiger partial charge in [-0.3, -0.25) is 10.00 Å². The Morgan fingerprint density at radius 1 is 1.35 bits per heavy atom. The molecule has 10 nitrogen and oxygen atoms in total. The Bertz CT molecular complexity index is 1280. The molecule has 3 aromatic rings. The van der Waals surface area contributed by atoms with E-state index in [1.165, 1.54) is 23.0 Å². The number of nitrogens with zero attached hydrogens (tertiary/aromatic N) is 5. The van der Waals surface area contributed by atoms with Crippen molar-refractivity contribution in [1.29, 1.82) is 5.26 Å². The van der Waals surface area contributed by atoms with Crippen LogP contribution in [0, 0.1) is 23.5 Å². The number of carbonyl (C=O) groups excluding carboxylic acids is 1. The number of aromatic nitrogens is 4. The maximum atomic E-state index is 12.4. The third-order valence-electron chi connectivity index (χ3n) is 4.66. The number of anilines is 1. The highest BCUT2D eigenvalue weighted by Gasteiger charge is 2.25. The minimum atomic E-state index is -4.00. The fourth-order valence-corrected chi connectivity index (χ4v) is 4.62. The van der Waals surface area contributed by atoms with Crippen LogP contribution in [0.15, 0.2) is 24.4 Å². The molecule has 0 spiro atoms. The number of amides is 2. The van der Waals surface area contributed by atoms with E-state index in [0.29, 0.717) is 17.1 Å². The topological polar surface area (TPSA) is 135 Å². The van der Waals surface area contributed by atoms with Crippen LogP contribution in [-0.2, 0) is 28.7 Å². The van der Waals surface area contributed by atoms with Crippen LogP contribution in [0.4, 0.5) is 10.6 Å². The third kappa shape index (κ3) is 4.33. The smallest absolute Gasteiger partial charge is 0.290 e. The number of nitriles is 1. The highest BCUT2D eigenvalue weighted by Crippen LogP contribution is 2.31. The van der Waals surface area contributed by atoms with Gasteiger partial charge in [0.1, 0.15) is 16.7 Å². The zero-order valence-corrected chi connectivity index (χ0v) is 17.7. The molecule has 12 heteroatoms. The Hall–Kier alpha value is -3.54. The fraction of sp³-hybridized carbons (Fsp3) is 0.263. The largest absolute Gasteiger partial charge is 0.334 e. The molecule has 2 N–H and O–H groups in total. The number of halogens is 1. The number of carbonyl (C=O) groups is 1. The Kier molecular flexibility index (Phi) is 5.55. The molecule has 1 aromatic carbocycles. The van der Waals surface area contributed by atoms with Crippen molar-refractivity contribution >= 4 is 33.5 Å². The summed E-state index contributed by atoms with van der Waals surface area (Å²) in [5, 5.41) is 20.7. The van der Waals surface area contributed by atoms with Crippen molar-refractivity contribution in [1.82, 2.24) is 24.3 Å². The van der Waals surface area contributed by atoms with Gasteiger partial charge >= 0.3 is 6.03 Å². The van der Waals surface area contributed by atoms with Crippen molar-refractivity contribution in [3.63, 3.8) is 0 Å². The summed E-state index contributed by atoms with van der Waals surface area (Å²) in [4.78, 5) is 12.4. The molecule has 0 radical (unpaired) electrons. The van der Waals surface area contributed by atoms with E-state index in [1.807, 2.05) is 10.8 Å². The minimum absolute atomic E-state index is 0.0304. The van der Waals surface area contributed by atoms with E-state index in [0.717, 1.165) is 25.0 Å². The van der Waals surface area contributed by atoms with Gasteiger partial charge in [-0.05, 0) is 43.0 Å². The van der Waals surface area contributed by atoms with Crippen LogP contribution in [0.1, 0.15) is 29.7 Å². The number of aryl methyl sites for hydroxylation is 1. The second-order valence-corrected chi connectivity index (χ2v) is 8.95. The Morgan fingerprint density at radius 2 is 2.19 bits per heavy atom. The molecule has 158 valence electrons. The standard InChI is InChI=1S/C19H16ClN7O3S/c20-16-15-8-4-5-9-26(15)24-18(16)27-17(14(10-21)11-22-27)23-19(28)25-31(29,30)12-13-6-2-1-3-7-13/h2,6-7,11H,4-5,8-9,12H2,(H2,23,25,28). The van der Waals surface area contributed by atoms with E-state index >= 15 is 0 Å². The molecule has 3 heterocycles. The van der Waals surface area contributed by atoms with Gasteiger partial charge in [-0.2, -0.15) is 20.1 Å². The van der Waals surface area contributed by atoms with Gasteiger partial charge in [-0.25, -0.2) is 17.9 Å². The first-order valence-corrected chi connectivity index (χ1v) is 11.3. The molecule has 4 rings (SSSR count). The van der Waals surface area contributed by atoms with Crippen molar-refractivity contribution in [3.8, 4) is 11.9 Å². The van der Waals surface area contributed by atoms with Crippen molar-refractivity contribution in [2.75, 3.05) is 5.32 Å². The Morgan fingerprint density at radius 3 is 2.90 bits per heavy atom. The number of urea groups is 1. The monoisotopic (exact) mass is 457 g/mol. The van der Waals surface area contributed by atoms with Crippen LogP contribution in [0.2, 0.25) is 5.02 Å². The molecular weight excluding hydrogens is 442 g/mol. The Labute approximate surface area is 183 Å². The first-order valence-electron chi connectivity index (χ1n) is 9.30. The number of fused-ring (bicyclic) bond motifs is 1. The lowest BCUT2D eigenvalue weighted by molar-refractivity contribution is 0.256. The van der Waals surface area contributed by atoms with Crippen LogP contribution >= 0.6 is 11.6 Å². The van der Waals surface area contributed by atoms with Gasteiger partial charge in [0.05, 0.1) is 17.6 Å². The molecule has 0 aliphatic carbocycles. The predicted octanol–water partition coefficient (Wildman–Crippen LogP) is 2.18. The van der Waals surface area contributed by atoms with Crippen molar-refractivity contribution < 1.29 is 13.2 Å². The first-order chi connectivity index (χ1) is 14.9. The number of sulfonamides is 1. The van der Waals surface area contributed by atoms with Gasteiger partial charge < -0.3 is 0 Å². The summed E-state index contributed by atoms with van der Waals surface area (Å²) in [6, 6.07) is 10.7. The van der Waals surface area contributed by atoms with Crippen LogP contribution < -0.4 is 10.0 Å². The molecule has 2 amide bonds. The second-order valence-electron chi connectivity index (χ2n) is 6.85. The van der Waals surface area contributed by atoms with Crippen LogP contribution in [0.25, 0.3) is 5.82 Å². The molecule has 31 heavy (non-hydrogen) atoms. The third-order valence-corrected chi connectivity index (χ3v) is 6.26. The average Bonchev–Trinajstić information content (AvgIpc) is 3.28. The fourth-order valence-electron chi connectivity index (χ4n) is 3.28. The van der Waals surface area contributed by atoms with Gasteiger partial charge in [-0.15, -0.1) is 0 Å². The Balaban J connectivity index is 1.58. The summed E-state index contributed by atoms with van der Waals surface area (Å²) in [6.45, 7) is 0.706. The van der Waals surface area contributed by atoms with Crippen molar-refractivity contribution in [3.05, 3.63) is 58.4 Å². The summed E-state index contributed by atoms with van der Waals surface area (Å²) in [7, 11) is -4.00. The van der Waals surface area contributed by atoms with E-state index in [2.05, 4.69) is 27.6 Å². The van der Waals surface area contributed by atoms with Crippen LogP contribution in [0.3, 0.4) is 0 Å². The number of nitrogens with one attached hydrogen (secondary N) is 2. The number of hydrogen-bond donors (Lipinski definition) is 2. The zero-order valence-electron chi connectivity index (χ0n) is 16.1. The van der Waals surface area contributed by atoms with Gasteiger partial charge in [0.25, 0.3) is 0 Å². The highest BCUT2D eigenvalue weighted by atomic mass is 35.5. The molecule has 0 saturated carbocycles. The lowest BCUT2D eigenvalue weighted by Gasteiger charge is -2.12. The van der Waals surface area contributed by atoms with Gasteiger partial charge in [0.2, 0.25) is 10.0 Å². The van der Waals surface area contributed by atoms with Crippen molar-refractivity contribution in [2.45, 2.75) is 31.6 Å². The molecule has 0 fully saturated rings. The zero-order chi connectivity index (χ0) is 22.0.